The molecule has 0 saturated heterocycles. The van der Waals surface area contributed by atoms with E-state index in [2.05, 4.69) is 15.2 Å². The van der Waals surface area contributed by atoms with Crippen LogP contribution in [0, 0.1) is 0 Å². The zero-order valence-electron chi connectivity index (χ0n) is 11.1. The summed E-state index contributed by atoms with van der Waals surface area (Å²) in [7, 11) is 0. The van der Waals surface area contributed by atoms with Gasteiger partial charge in [-0.25, -0.2) is 4.99 Å². The quantitative estimate of drug-likeness (QED) is 0.458. The molecule has 0 unspecified atom stereocenters. The van der Waals surface area contributed by atoms with Crippen molar-refractivity contribution in [2.24, 2.45) is 15.2 Å². The van der Waals surface area contributed by atoms with Gasteiger partial charge in [0.05, 0.1) is 0 Å². The van der Waals surface area contributed by atoms with E-state index < -0.39 is 12.0 Å². The maximum Gasteiger partial charge on any atom is 0.453 e. The number of alkyl halides is 3. The third kappa shape index (κ3) is 7.04. The van der Waals surface area contributed by atoms with E-state index >= 15 is 0 Å². The topological polar surface area (TPSA) is 37.1 Å². The highest BCUT2D eigenvalue weighted by Gasteiger charge is 2.36. The van der Waals surface area contributed by atoms with E-state index in [-0.39, 0.29) is 12.4 Å². The molecular formula is C13H15ClF3N3. The molecule has 1 aromatic rings. The van der Waals surface area contributed by atoms with Gasteiger partial charge in [-0.3, -0.25) is 0 Å². The Hall–Kier alpha value is -1.69. The van der Waals surface area contributed by atoms with E-state index in [1.165, 1.54) is 6.21 Å². The van der Waals surface area contributed by atoms with Crippen LogP contribution < -0.4 is 0 Å². The minimum absolute atomic E-state index is 0. The number of aliphatic imine (C=N–C) groups is 1. The Morgan fingerprint density at radius 1 is 1.10 bits per heavy atom. The summed E-state index contributed by atoms with van der Waals surface area (Å²) in [6, 6.07) is 9.08. The van der Waals surface area contributed by atoms with E-state index in [9.17, 15) is 13.2 Å². The fourth-order valence-corrected chi connectivity index (χ4v) is 1.15. The average Bonchev–Trinajstić information content (AvgIpc) is 2.33. The highest BCUT2D eigenvalue weighted by Crippen LogP contribution is 2.18. The van der Waals surface area contributed by atoms with Gasteiger partial charge in [0.1, 0.15) is 0 Å². The molecule has 0 spiro atoms. The maximum atomic E-state index is 12.6. The summed E-state index contributed by atoms with van der Waals surface area (Å²) in [6.45, 7) is 3.12. The van der Waals surface area contributed by atoms with Gasteiger partial charge in [0.15, 0.2) is 0 Å². The SMILES string of the molecule is CC(C)=N/N=C(\N=CCc1ccccc1)C(F)(F)F.Cl. The number of rotatable bonds is 3. The molecule has 1 aromatic carbocycles. The fraction of sp³-hybridized carbons (Fsp3) is 0.308. The molecule has 0 bridgehead atoms. The zero-order chi connectivity index (χ0) is 14.3. The number of hydrogen-bond donors (Lipinski definition) is 0. The summed E-state index contributed by atoms with van der Waals surface area (Å²) in [5.41, 5.74) is 1.31. The molecule has 0 aromatic heterocycles. The van der Waals surface area contributed by atoms with Gasteiger partial charge in [-0.2, -0.15) is 18.3 Å². The van der Waals surface area contributed by atoms with Crippen LogP contribution in [-0.2, 0) is 6.42 Å². The molecule has 110 valence electrons. The Bertz CT molecular complexity index is 489. The molecule has 0 heterocycles. The van der Waals surface area contributed by atoms with Crippen molar-refractivity contribution in [2.75, 3.05) is 0 Å². The summed E-state index contributed by atoms with van der Waals surface area (Å²) in [6.07, 6.45) is -3.11. The van der Waals surface area contributed by atoms with E-state index in [0.717, 1.165) is 5.56 Å². The third-order valence-electron chi connectivity index (χ3n) is 1.98. The molecule has 0 aliphatic heterocycles. The molecule has 1 rings (SSSR count). The molecule has 0 atom stereocenters. The van der Waals surface area contributed by atoms with Gasteiger partial charge in [0.25, 0.3) is 5.84 Å². The van der Waals surface area contributed by atoms with Crippen LogP contribution in [0.3, 0.4) is 0 Å². The van der Waals surface area contributed by atoms with Crippen LogP contribution in [0.15, 0.2) is 45.5 Å². The van der Waals surface area contributed by atoms with E-state index in [4.69, 9.17) is 0 Å². The van der Waals surface area contributed by atoms with Crippen LogP contribution in [0.25, 0.3) is 0 Å². The smallest absolute Gasteiger partial charge is 0.236 e. The lowest BCUT2D eigenvalue weighted by Gasteiger charge is -2.03. The first-order chi connectivity index (χ1) is 8.89. The summed E-state index contributed by atoms with van der Waals surface area (Å²) >= 11 is 0. The van der Waals surface area contributed by atoms with E-state index in [1.54, 1.807) is 13.8 Å². The molecule has 0 radical (unpaired) electrons. The van der Waals surface area contributed by atoms with Crippen molar-refractivity contribution in [3.8, 4) is 0 Å². The van der Waals surface area contributed by atoms with E-state index in [1.807, 2.05) is 30.3 Å². The normalized spacial score (nSPS) is 12.2. The van der Waals surface area contributed by atoms with Crippen molar-refractivity contribution in [1.29, 1.82) is 0 Å². The Morgan fingerprint density at radius 2 is 1.70 bits per heavy atom. The van der Waals surface area contributed by atoms with Crippen molar-refractivity contribution in [3.63, 3.8) is 0 Å². The van der Waals surface area contributed by atoms with Crippen LogP contribution in [0.2, 0.25) is 0 Å². The maximum absolute atomic E-state index is 12.6. The predicted octanol–water partition coefficient (Wildman–Crippen LogP) is 4.08. The first-order valence-electron chi connectivity index (χ1n) is 5.62. The number of halogens is 4. The Kier molecular flexibility index (Phi) is 7.76. The Morgan fingerprint density at radius 3 is 2.20 bits per heavy atom. The molecule has 7 heteroatoms. The van der Waals surface area contributed by atoms with Crippen LogP contribution in [0.4, 0.5) is 13.2 Å². The van der Waals surface area contributed by atoms with Gasteiger partial charge in [0, 0.05) is 18.3 Å². The monoisotopic (exact) mass is 305 g/mol. The number of nitrogens with zero attached hydrogens (tertiary/aromatic N) is 3. The largest absolute Gasteiger partial charge is 0.453 e. The van der Waals surface area contributed by atoms with Gasteiger partial charge in [-0.05, 0) is 19.4 Å². The third-order valence-corrected chi connectivity index (χ3v) is 1.98. The van der Waals surface area contributed by atoms with Crippen molar-refractivity contribution in [1.82, 2.24) is 0 Å². The first-order valence-corrected chi connectivity index (χ1v) is 5.62. The highest BCUT2D eigenvalue weighted by atomic mass is 35.5. The van der Waals surface area contributed by atoms with Crippen LogP contribution in [0.1, 0.15) is 19.4 Å². The van der Waals surface area contributed by atoms with Gasteiger partial charge >= 0.3 is 6.18 Å². The second-order valence-electron chi connectivity index (χ2n) is 3.97. The van der Waals surface area contributed by atoms with Crippen molar-refractivity contribution >= 4 is 30.2 Å². The van der Waals surface area contributed by atoms with E-state index in [0.29, 0.717) is 12.1 Å². The van der Waals surface area contributed by atoms with Crippen molar-refractivity contribution < 1.29 is 13.2 Å². The molecule has 0 fully saturated rings. The lowest BCUT2D eigenvalue weighted by atomic mass is 10.2. The van der Waals surface area contributed by atoms with Gasteiger partial charge in [-0.1, -0.05) is 30.3 Å². The average molecular weight is 306 g/mol. The molecule has 20 heavy (non-hydrogen) atoms. The van der Waals surface area contributed by atoms with Gasteiger partial charge in [0.2, 0.25) is 0 Å². The van der Waals surface area contributed by atoms with Gasteiger partial charge < -0.3 is 0 Å². The Labute approximate surface area is 121 Å². The first kappa shape index (κ1) is 18.3. The highest BCUT2D eigenvalue weighted by molar-refractivity contribution is 5.94. The molecule has 0 amide bonds. The van der Waals surface area contributed by atoms with Crippen LogP contribution in [-0.4, -0.2) is 23.9 Å². The minimum Gasteiger partial charge on any atom is -0.236 e. The lowest BCUT2D eigenvalue weighted by molar-refractivity contribution is -0.0598. The second kappa shape index (κ2) is 8.47. The van der Waals surface area contributed by atoms with Crippen molar-refractivity contribution in [3.05, 3.63) is 35.9 Å². The molecule has 0 N–H and O–H groups in total. The standard InChI is InChI=1S/C13H14F3N3.ClH/c1-10(2)18-19-12(13(14,15)16)17-9-8-11-6-4-3-5-7-11;/h3-7,9H,8H2,1-2H3;1H/b17-9?,19-12-;. The molecule has 0 aliphatic carbocycles. The van der Waals surface area contributed by atoms with Crippen LogP contribution in [0.5, 0.6) is 0 Å². The fourth-order valence-electron chi connectivity index (χ4n) is 1.15. The summed E-state index contributed by atoms with van der Waals surface area (Å²) in [5, 5.41) is 6.50. The molecule has 0 saturated carbocycles. The molecule has 3 nitrogen and oxygen atoms in total. The Balaban J connectivity index is 0.00000361. The van der Waals surface area contributed by atoms with Crippen LogP contribution >= 0.6 is 12.4 Å². The molecular weight excluding hydrogens is 291 g/mol. The summed E-state index contributed by atoms with van der Waals surface area (Å²) in [5.74, 6) is -1.25. The lowest BCUT2D eigenvalue weighted by Crippen LogP contribution is -2.21. The number of benzene rings is 1. The minimum atomic E-state index is -4.61. The summed E-state index contributed by atoms with van der Waals surface area (Å²) < 4.78 is 37.7. The second-order valence-corrected chi connectivity index (χ2v) is 3.97. The zero-order valence-corrected chi connectivity index (χ0v) is 11.9. The number of amidine groups is 1. The van der Waals surface area contributed by atoms with Crippen molar-refractivity contribution in [2.45, 2.75) is 26.4 Å². The van der Waals surface area contributed by atoms with Gasteiger partial charge in [-0.15, -0.1) is 17.5 Å². The molecule has 0 aliphatic rings. The predicted molar refractivity (Wildman–Crippen MR) is 78.2 cm³/mol. The number of hydrogen-bond acceptors (Lipinski definition) is 2. The summed E-state index contributed by atoms with van der Waals surface area (Å²) in [4.78, 5) is 3.36.